The molecule has 28 heavy (non-hydrogen) atoms. The summed E-state index contributed by atoms with van der Waals surface area (Å²) in [7, 11) is 0. The van der Waals surface area contributed by atoms with Crippen LogP contribution in [-0.2, 0) is 0 Å². The second-order valence-electron chi connectivity index (χ2n) is 6.54. The van der Waals surface area contributed by atoms with Gasteiger partial charge in [-0.15, -0.1) is 21.5 Å². The van der Waals surface area contributed by atoms with Gasteiger partial charge in [-0.25, -0.2) is 4.98 Å². The van der Waals surface area contributed by atoms with E-state index < -0.39 is 0 Å². The molecule has 2 aromatic carbocycles. The fourth-order valence-corrected chi connectivity index (χ4v) is 3.99. The van der Waals surface area contributed by atoms with E-state index in [4.69, 9.17) is 10.4 Å². The summed E-state index contributed by atoms with van der Waals surface area (Å²) >= 11 is 1.63. The first-order valence-electron chi connectivity index (χ1n) is 8.79. The fraction of sp³-hybridized carbons (Fsp3) is 0.0952. The Balaban J connectivity index is 1.60. The molecule has 0 amide bonds. The highest BCUT2D eigenvalue weighted by Crippen LogP contribution is 2.28. The molecule has 0 unspecified atom stereocenters. The molecule has 1 atom stereocenters. The molecule has 0 N–H and O–H groups in total. The molecule has 0 aliphatic rings. The fourth-order valence-electron chi connectivity index (χ4n) is 3.27. The van der Waals surface area contributed by atoms with E-state index in [-0.39, 0.29) is 5.92 Å². The Morgan fingerprint density at radius 2 is 2.00 bits per heavy atom. The number of thiazole rings is 1. The van der Waals surface area contributed by atoms with Gasteiger partial charge in [0.2, 0.25) is 0 Å². The molecule has 3 aromatic heterocycles. The van der Waals surface area contributed by atoms with Crippen molar-refractivity contribution in [2.75, 3.05) is 0 Å². The molecule has 0 spiro atoms. The molecule has 0 bridgehead atoms. The number of rotatable bonds is 3. The smallest absolute Gasteiger partial charge is 0.177 e. The zero-order valence-corrected chi connectivity index (χ0v) is 15.8. The molecule has 0 aliphatic heterocycles. The third-order valence-corrected chi connectivity index (χ3v) is 5.61. The molecule has 7 heteroatoms. The first-order valence-corrected chi connectivity index (χ1v) is 9.67. The summed E-state index contributed by atoms with van der Waals surface area (Å²) in [5.74, 6) is 0.798. The Kier molecular flexibility index (Phi) is 3.85. The summed E-state index contributed by atoms with van der Waals surface area (Å²) in [6.07, 6.45) is 0. The lowest BCUT2D eigenvalue weighted by molar-refractivity contribution is 0.753. The van der Waals surface area contributed by atoms with Gasteiger partial charge < -0.3 is 0 Å². The zero-order valence-electron chi connectivity index (χ0n) is 14.9. The molecule has 0 radical (unpaired) electrons. The van der Waals surface area contributed by atoms with E-state index in [0.29, 0.717) is 11.2 Å². The Morgan fingerprint density at radius 3 is 2.89 bits per heavy atom. The predicted octanol–water partition coefficient (Wildman–Crippen LogP) is 4.42. The van der Waals surface area contributed by atoms with Gasteiger partial charge in [-0.05, 0) is 42.0 Å². The monoisotopic (exact) mass is 382 g/mol. The highest BCUT2D eigenvalue weighted by Gasteiger charge is 2.18. The maximum Gasteiger partial charge on any atom is 0.177 e. The van der Waals surface area contributed by atoms with Crippen LogP contribution in [0.15, 0.2) is 60.1 Å². The van der Waals surface area contributed by atoms with Crippen molar-refractivity contribution < 1.29 is 0 Å². The van der Waals surface area contributed by atoms with Crippen LogP contribution in [-0.4, -0.2) is 24.8 Å². The van der Waals surface area contributed by atoms with Crippen molar-refractivity contribution in [2.24, 2.45) is 0 Å². The maximum absolute atomic E-state index is 9.15. The number of nitriles is 1. The minimum atomic E-state index is 0.0229. The number of hydrogen-bond donors (Lipinski definition) is 0. The van der Waals surface area contributed by atoms with Crippen molar-refractivity contribution in [3.05, 3.63) is 77.1 Å². The number of aromatic nitrogens is 5. The lowest BCUT2D eigenvalue weighted by Crippen LogP contribution is -2.05. The van der Waals surface area contributed by atoms with Gasteiger partial charge in [-0.2, -0.15) is 14.9 Å². The molecule has 0 fully saturated rings. The molecule has 0 aliphatic carbocycles. The first-order chi connectivity index (χ1) is 13.7. The van der Waals surface area contributed by atoms with Gasteiger partial charge in [0.1, 0.15) is 0 Å². The minimum absolute atomic E-state index is 0.0229. The van der Waals surface area contributed by atoms with Gasteiger partial charge in [0.15, 0.2) is 11.5 Å². The molecular formula is C21H14N6S. The van der Waals surface area contributed by atoms with Gasteiger partial charge >= 0.3 is 0 Å². The molecular weight excluding hydrogens is 368 g/mol. The van der Waals surface area contributed by atoms with E-state index in [2.05, 4.69) is 40.3 Å². The average Bonchev–Trinajstić information content (AvgIpc) is 3.39. The number of nitrogens with zero attached hydrogens (tertiary/aromatic N) is 6. The van der Waals surface area contributed by atoms with E-state index in [0.717, 1.165) is 32.9 Å². The standard InChI is InChI=1S/C21H14N6S/c1-13(15-5-6-18-19(10-15)28-12-23-18)21-25-24-20-8-7-17(26-27(20)21)16-4-2-3-14(9-16)11-22/h2-10,12-13H,1H3/t13-/m1/s1. The second kappa shape index (κ2) is 6.51. The summed E-state index contributed by atoms with van der Waals surface area (Å²) < 4.78 is 2.94. The molecule has 3 heterocycles. The van der Waals surface area contributed by atoms with Crippen LogP contribution < -0.4 is 0 Å². The zero-order chi connectivity index (χ0) is 19.1. The molecule has 5 rings (SSSR count). The quantitative estimate of drug-likeness (QED) is 0.461. The van der Waals surface area contributed by atoms with Crippen molar-refractivity contribution >= 4 is 27.2 Å². The average molecular weight is 382 g/mol. The summed E-state index contributed by atoms with van der Waals surface area (Å²) in [4.78, 5) is 4.34. The Morgan fingerprint density at radius 1 is 1.07 bits per heavy atom. The Bertz CT molecular complexity index is 1360. The highest BCUT2D eigenvalue weighted by molar-refractivity contribution is 7.16. The Labute approximate surface area is 164 Å². The van der Waals surface area contributed by atoms with Crippen molar-refractivity contribution in [3.63, 3.8) is 0 Å². The van der Waals surface area contributed by atoms with Crippen molar-refractivity contribution in [2.45, 2.75) is 12.8 Å². The van der Waals surface area contributed by atoms with Crippen molar-refractivity contribution in [1.82, 2.24) is 24.8 Å². The van der Waals surface area contributed by atoms with Crippen LogP contribution in [0, 0.1) is 11.3 Å². The van der Waals surface area contributed by atoms with Crippen LogP contribution in [0.1, 0.15) is 29.8 Å². The SMILES string of the molecule is C[C@H](c1ccc2ncsc2c1)c1nnc2ccc(-c3cccc(C#N)c3)nn12. The molecule has 0 saturated carbocycles. The highest BCUT2D eigenvalue weighted by atomic mass is 32.1. The maximum atomic E-state index is 9.15. The predicted molar refractivity (Wildman–Crippen MR) is 108 cm³/mol. The van der Waals surface area contributed by atoms with E-state index in [1.54, 1.807) is 21.9 Å². The second-order valence-corrected chi connectivity index (χ2v) is 7.43. The third-order valence-electron chi connectivity index (χ3n) is 4.82. The minimum Gasteiger partial charge on any atom is -0.245 e. The summed E-state index contributed by atoms with van der Waals surface area (Å²) in [5.41, 5.74) is 6.97. The van der Waals surface area contributed by atoms with Gasteiger partial charge in [0.05, 0.1) is 33.1 Å². The number of hydrogen-bond acceptors (Lipinski definition) is 6. The third kappa shape index (κ3) is 2.71. The van der Waals surface area contributed by atoms with Gasteiger partial charge in [-0.1, -0.05) is 25.1 Å². The van der Waals surface area contributed by atoms with Gasteiger partial charge in [0.25, 0.3) is 0 Å². The lowest BCUT2D eigenvalue weighted by Gasteiger charge is -2.10. The van der Waals surface area contributed by atoms with Crippen LogP contribution in [0.5, 0.6) is 0 Å². The normalized spacial score (nSPS) is 12.3. The molecule has 0 saturated heterocycles. The summed E-state index contributed by atoms with van der Waals surface area (Å²) in [6.45, 7) is 2.10. The topological polar surface area (TPSA) is 79.8 Å². The van der Waals surface area contributed by atoms with Crippen molar-refractivity contribution in [1.29, 1.82) is 5.26 Å². The molecule has 134 valence electrons. The Hall–Kier alpha value is -3.63. The summed E-state index contributed by atoms with van der Waals surface area (Å²) in [6, 6.07) is 19.7. The largest absolute Gasteiger partial charge is 0.245 e. The van der Waals surface area contributed by atoms with Crippen LogP contribution in [0.25, 0.3) is 27.1 Å². The number of benzene rings is 2. The van der Waals surface area contributed by atoms with Crippen LogP contribution >= 0.6 is 11.3 Å². The lowest BCUT2D eigenvalue weighted by atomic mass is 10.0. The van der Waals surface area contributed by atoms with E-state index in [1.807, 2.05) is 41.9 Å². The summed E-state index contributed by atoms with van der Waals surface area (Å²) in [5, 5.41) is 22.6. The van der Waals surface area contributed by atoms with E-state index in [9.17, 15) is 0 Å². The first kappa shape index (κ1) is 16.5. The van der Waals surface area contributed by atoms with Crippen LogP contribution in [0.4, 0.5) is 0 Å². The number of fused-ring (bicyclic) bond motifs is 2. The van der Waals surface area contributed by atoms with Gasteiger partial charge in [-0.3, -0.25) is 0 Å². The van der Waals surface area contributed by atoms with Crippen molar-refractivity contribution in [3.8, 4) is 17.3 Å². The molecule has 5 aromatic rings. The van der Waals surface area contributed by atoms with E-state index >= 15 is 0 Å². The van der Waals surface area contributed by atoms with Crippen LogP contribution in [0.2, 0.25) is 0 Å². The van der Waals surface area contributed by atoms with Gasteiger partial charge in [0, 0.05) is 11.5 Å². The molecule has 6 nitrogen and oxygen atoms in total. The van der Waals surface area contributed by atoms with E-state index in [1.165, 1.54) is 0 Å². The van der Waals surface area contributed by atoms with Crippen LogP contribution in [0.3, 0.4) is 0 Å².